The van der Waals surface area contributed by atoms with Crippen molar-refractivity contribution in [1.29, 1.82) is 0 Å². The number of nitrogens with one attached hydrogen (secondary N) is 1. The maximum absolute atomic E-state index is 11.8. The van der Waals surface area contributed by atoms with Gasteiger partial charge < -0.3 is 20.5 Å². The summed E-state index contributed by atoms with van der Waals surface area (Å²) in [5, 5.41) is 2.72. The second-order valence-corrected chi connectivity index (χ2v) is 4.65. The molecule has 1 rings (SSSR count). The minimum Gasteiger partial charge on any atom is -0.482 e. The summed E-state index contributed by atoms with van der Waals surface area (Å²) in [6, 6.07) is 6.11. The highest BCUT2D eigenvalue weighted by Crippen LogP contribution is 2.16. The average Bonchev–Trinajstić information content (AvgIpc) is 2.45. The summed E-state index contributed by atoms with van der Waals surface area (Å²) in [6.45, 7) is 3.61. The predicted octanol–water partition coefficient (Wildman–Crippen LogP) is 1.58. The Morgan fingerprint density at radius 2 is 1.81 bits per heavy atom. The van der Waals surface area contributed by atoms with E-state index in [2.05, 4.69) is 10.1 Å². The molecule has 0 saturated heterocycles. The lowest BCUT2D eigenvalue weighted by Gasteiger charge is -2.15. The number of amides is 1. The maximum atomic E-state index is 11.8. The Hall–Kier alpha value is -1.79. The van der Waals surface area contributed by atoms with E-state index in [0.29, 0.717) is 11.4 Å². The molecule has 0 aliphatic rings. The van der Waals surface area contributed by atoms with Gasteiger partial charge in [-0.05, 0) is 30.2 Å². The van der Waals surface area contributed by atoms with Crippen LogP contribution in [0.15, 0.2) is 24.3 Å². The molecule has 1 aromatic rings. The largest absolute Gasteiger partial charge is 0.482 e. The van der Waals surface area contributed by atoms with Crippen molar-refractivity contribution in [3.05, 3.63) is 24.3 Å². The number of carbonyl (C=O) groups is 2. The molecule has 118 valence electrons. The number of esters is 1. The number of ether oxygens (including phenoxy) is 2. The Balaban J connectivity index is 0.00000400. The number of hydrogen-bond donors (Lipinski definition) is 2. The lowest BCUT2D eigenvalue weighted by Crippen LogP contribution is -2.39. The molecule has 1 atom stereocenters. The molecule has 3 N–H and O–H groups in total. The molecule has 0 radical (unpaired) electrons. The first-order chi connectivity index (χ1) is 9.43. The van der Waals surface area contributed by atoms with Crippen molar-refractivity contribution in [2.75, 3.05) is 19.0 Å². The fourth-order valence-electron chi connectivity index (χ4n) is 1.36. The molecule has 0 heterocycles. The van der Waals surface area contributed by atoms with Crippen LogP contribution >= 0.6 is 12.4 Å². The quantitative estimate of drug-likeness (QED) is 0.778. The molecule has 1 amide bonds. The van der Waals surface area contributed by atoms with Crippen LogP contribution in [0.4, 0.5) is 5.69 Å². The first-order valence-corrected chi connectivity index (χ1v) is 6.30. The zero-order valence-electron chi connectivity index (χ0n) is 12.3. The van der Waals surface area contributed by atoms with E-state index < -0.39 is 12.0 Å². The summed E-state index contributed by atoms with van der Waals surface area (Å²) in [6.07, 6.45) is 0. The van der Waals surface area contributed by atoms with Gasteiger partial charge in [0.25, 0.3) is 0 Å². The number of rotatable bonds is 6. The predicted molar refractivity (Wildman–Crippen MR) is 82.6 cm³/mol. The van der Waals surface area contributed by atoms with Crippen molar-refractivity contribution in [3.63, 3.8) is 0 Å². The van der Waals surface area contributed by atoms with Crippen LogP contribution in [0.5, 0.6) is 5.75 Å². The molecule has 21 heavy (non-hydrogen) atoms. The van der Waals surface area contributed by atoms with Gasteiger partial charge in [-0.1, -0.05) is 13.8 Å². The molecule has 0 saturated carbocycles. The SMILES string of the molecule is COC(=O)COc1ccc(NC(=O)C(N)C(C)C)cc1.Cl. The third kappa shape index (κ3) is 6.46. The molecule has 0 fully saturated rings. The van der Waals surface area contributed by atoms with Crippen molar-refractivity contribution in [2.24, 2.45) is 11.7 Å². The van der Waals surface area contributed by atoms with Crippen LogP contribution in [0.2, 0.25) is 0 Å². The van der Waals surface area contributed by atoms with Gasteiger partial charge in [0.15, 0.2) is 6.61 Å². The fraction of sp³-hybridized carbons (Fsp3) is 0.429. The minimum atomic E-state index is -0.551. The summed E-state index contributed by atoms with van der Waals surface area (Å²) in [4.78, 5) is 22.7. The summed E-state index contributed by atoms with van der Waals surface area (Å²) in [5.41, 5.74) is 6.37. The molecular weight excluding hydrogens is 296 g/mol. The Morgan fingerprint density at radius 1 is 1.24 bits per heavy atom. The second-order valence-electron chi connectivity index (χ2n) is 4.65. The van der Waals surface area contributed by atoms with Gasteiger partial charge in [0.05, 0.1) is 13.2 Å². The highest BCUT2D eigenvalue weighted by atomic mass is 35.5. The van der Waals surface area contributed by atoms with Gasteiger partial charge in [0.1, 0.15) is 5.75 Å². The van der Waals surface area contributed by atoms with E-state index in [0.717, 1.165) is 0 Å². The van der Waals surface area contributed by atoms with Crippen molar-refractivity contribution in [1.82, 2.24) is 0 Å². The van der Waals surface area contributed by atoms with Crippen LogP contribution < -0.4 is 15.8 Å². The molecule has 0 aromatic heterocycles. The topological polar surface area (TPSA) is 90.6 Å². The van der Waals surface area contributed by atoms with Gasteiger partial charge >= 0.3 is 5.97 Å². The number of hydrogen-bond acceptors (Lipinski definition) is 5. The number of nitrogens with two attached hydrogens (primary N) is 1. The summed E-state index contributed by atoms with van der Waals surface area (Å²) >= 11 is 0. The first-order valence-electron chi connectivity index (χ1n) is 6.30. The Bertz CT molecular complexity index is 463. The molecule has 6 nitrogen and oxygen atoms in total. The third-order valence-electron chi connectivity index (χ3n) is 2.73. The zero-order chi connectivity index (χ0) is 15.1. The van der Waals surface area contributed by atoms with E-state index in [9.17, 15) is 9.59 Å². The van der Waals surface area contributed by atoms with Crippen LogP contribution in [-0.2, 0) is 14.3 Å². The lowest BCUT2D eigenvalue weighted by molar-refractivity contribution is -0.142. The Labute approximate surface area is 130 Å². The average molecular weight is 317 g/mol. The highest BCUT2D eigenvalue weighted by Gasteiger charge is 2.17. The fourth-order valence-corrected chi connectivity index (χ4v) is 1.36. The van der Waals surface area contributed by atoms with Gasteiger partial charge in [-0.2, -0.15) is 0 Å². The maximum Gasteiger partial charge on any atom is 0.343 e. The van der Waals surface area contributed by atoms with Crippen LogP contribution in [0.3, 0.4) is 0 Å². The van der Waals surface area contributed by atoms with Gasteiger partial charge in [0.2, 0.25) is 5.91 Å². The Morgan fingerprint density at radius 3 is 2.29 bits per heavy atom. The Kier molecular flexibility index (Phi) is 8.42. The smallest absolute Gasteiger partial charge is 0.343 e. The van der Waals surface area contributed by atoms with E-state index >= 15 is 0 Å². The van der Waals surface area contributed by atoms with Crippen LogP contribution in [0.25, 0.3) is 0 Å². The van der Waals surface area contributed by atoms with Crippen molar-refractivity contribution in [2.45, 2.75) is 19.9 Å². The summed E-state index contributed by atoms with van der Waals surface area (Å²) in [5.74, 6) is -0.104. The van der Waals surface area contributed by atoms with Gasteiger partial charge in [-0.3, -0.25) is 4.79 Å². The van der Waals surface area contributed by atoms with Crippen molar-refractivity contribution in [3.8, 4) is 5.75 Å². The molecule has 1 aromatic carbocycles. The number of anilines is 1. The second kappa shape index (κ2) is 9.20. The van der Waals surface area contributed by atoms with Crippen LogP contribution in [-0.4, -0.2) is 31.6 Å². The van der Waals surface area contributed by atoms with E-state index in [1.54, 1.807) is 24.3 Å². The molecule has 1 unspecified atom stereocenters. The van der Waals surface area contributed by atoms with Gasteiger partial charge in [0, 0.05) is 5.69 Å². The standard InChI is InChI=1S/C14H20N2O4.ClH/c1-9(2)13(15)14(18)16-10-4-6-11(7-5-10)20-8-12(17)19-3;/h4-7,9,13H,8,15H2,1-3H3,(H,16,18);1H. The van der Waals surface area contributed by atoms with Crippen molar-refractivity contribution >= 4 is 30.0 Å². The van der Waals surface area contributed by atoms with Crippen molar-refractivity contribution < 1.29 is 19.1 Å². The van der Waals surface area contributed by atoms with E-state index in [4.69, 9.17) is 10.5 Å². The summed E-state index contributed by atoms with van der Waals surface area (Å²) < 4.78 is 9.65. The molecule has 0 spiro atoms. The molecular formula is C14H21ClN2O4. The molecule has 0 bridgehead atoms. The number of benzene rings is 1. The summed E-state index contributed by atoms with van der Waals surface area (Å²) in [7, 11) is 1.29. The lowest BCUT2D eigenvalue weighted by atomic mass is 10.1. The normalized spacial score (nSPS) is 11.3. The molecule has 0 aliphatic heterocycles. The van der Waals surface area contributed by atoms with Gasteiger partial charge in [-0.15, -0.1) is 12.4 Å². The van der Waals surface area contributed by atoms with Crippen LogP contribution in [0.1, 0.15) is 13.8 Å². The third-order valence-corrected chi connectivity index (χ3v) is 2.73. The molecule has 7 heteroatoms. The molecule has 0 aliphatic carbocycles. The zero-order valence-corrected chi connectivity index (χ0v) is 13.1. The van der Waals surface area contributed by atoms with Gasteiger partial charge in [-0.25, -0.2) is 4.79 Å². The van der Waals surface area contributed by atoms with E-state index in [1.807, 2.05) is 13.8 Å². The number of methoxy groups -OCH3 is 1. The number of carbonyl (C=O) groups excluding carboxylic acids is 2. The highest BCUT2D eigenvalue weighted by molar-refractivity contribution is 5.94. The monoisotopic (exact) mass is 316 g/mol. The van der Waals surface area contributed by atoms with Crippen LogP contribution in [0, 0.1) is 5.92 Å². The first kappa shape index (κ1) is 19.2. The minimum absolute atomic E-state index is 0. The van der Waals surface area contributed by atoms with E-state index in [-0.39, 0.29) is 30.8 Å². The van der Waals surface area contributed by atoms with E-state index in [1.165, 1.54) is 7.11 Å². The number of halogens is 1.